The predicted molar refractivity (Wildman–Crippen MR) is 116 cm³/mol. The van der Waals surface area contributed by atoms with Gasteiger partial charge in [0.15, 0.2) is 0 Å². The van der Waals surface area contributed by atoms with Gasteiger partial charge in [0.2, 0.25) is 0 Å². The zero-order valence-electron chi connectivity index (χ0n) is 17.8. The quantitative estimate of drug-likeness (QED) is 0.606. The fraction of sp³-hybridized carbons (Fsp3) is 0.522. The number of aromatic nitrogens is 5. The number of piperidine rings is 1. The summed E-state index contributed by atoms with van der Waals surface area (Å²) in [7, 11) is 0. The molecule has 0 saturated carbocycles. The third-order valence-corrected chi connectivity index (χ3v) is 6.04. The van der Waals surface area contributed by atoms with E-state index < -0.39 is 0 Å². The summed E-state index contributed by atoms with van der Waals surface area (Å²) in [4.78, 5) is 7.44. The largest absolute Gasteiger partial charge is 0.333 e. The molecule has 1 atom stereocenters. The van der Waals surface area contributed by atoms with Crippen molar-refractivity contribution in [2.24, 2.45) is 0 Å². The molecular weight excluding hydrogens is 360 g/mol. The fourth-order valence-electron chi connectivity index (χ4n) is 4.48. The molecule has 0 radical (unpaired) electrons. The molecule has 154 valence electrons. The predicted octanol–water partition coefficient (Wildman–Crippen LogP) is 4.16. The molecule has 1 unspecified atom stereocenters. The first kappa shape index (κ1) is 19.8. The molecule has 0 aliphatic carbocycles. The summed E-state index contributed by atoms with van der Waals surface area (Å²) in [6, 6.07) is 11.0. The molecule has 1 aromatic carbocycles. The molecule has 3 aromatic rings. The van der Waals surface area contributed by atoms with Gasteiger partial charge in [-0.3, -0.25) is 0 Å². The van der Waals surface area contributed by atoms with Gasteiger partial charge >= 0.3 is 0 Å². The summed E-state index contributed by atoms with van der Waals surface area (Å²) in [6.45, 7) is 10.9. The van der Waals surface area contributed by atoms with E-state index in [1.165, 1.54) is 30.6 Å². The van der Waals surface area contributed by atoms with Crippen LogP contribution >= 0.6 is 0 Å². The van der Waals surface area contributed by atoms with Gasteiger partial charge < -0.3 is 14.0 Å². The molecule has 6 heteroatoms. The highest BCUT2D eigenvalue weighted by atomic mass is 15.3. The van der Waals surface area contributed by atoms with Gasteiger partial charge in [0.1, 0.15) is 12.2 Å². The number of benzene rings is 1. The number of rotatable bonds is 7. The van der Waals surface area contributed by atoms with E-state index >= 15 is 0 Å². The van der Waals surface area contributed by atoms with E-state index in [1.807, 2.05) is 12.7 Å². The van der Waals surface area contributed by atoms with Crippen LogP contribution in [0.3, 0.4) is 0 Å². The Labute approximate surface area is 173 Å². The molecule has 1 aliphatic heterocycles. The van der Waals surface area contributed by atoms with E-state index in [2.05, 4.69) is 75.3 Å². The highest BCUT2D eigenvalue weighted by Crippen LogP contribution is 2.34. The van der Waals surface area contributed by atoms with Gasteiger partial charge in [-0.15, -0.1) is 10.2 Å². The topological polar surface area (TPSA) is 51.8 Å². The minimum Gasteiger partial charge on any atom is -0.333 e. The first-order valence-corrected chi connectivity index (χ1v) is 10.9. The lowest BCUT2D eigenvalue weighted by molar-refractivity contribution is 0.214. The highest BCUT2D eigenvalue weighted by molar-refractivity contribution is 5.62. The van der Waals surface area contributed by atoms with Crippen molar-refractivity contribution in [3.63, 3.8) is 0 Å². The van der Waals surface area contributed by atoms with E-state index in [-0.39, 0.29) is 0 Å². The molecule has 1 aliphatic rings. The second-order valence-corrected chi connectivity index (χ2v) is 8.27. The summed E-state index contributed by atoms with van der Waals surface area (Å²) in [5, 5.41) is 8.48. The summed E-state index contributed by atoms with van der Waals surface area (Å²) in [5.41, 5.74) is 3.73. The first-order valence-electron chi connectivity index (χ1n) is 10.9. The maximum Gasteiger partial charge on any atom is 0.134 e. The van der Waals surface area contributed by atoms with Crippen LogP contribution in [0.25, 0.3) is 11.3 Å². The molecule has 0 N–H and O–H groups in total. The van der Waals surface area contributed by atoms with Crippen molar-refractivity contribution >= 4 is 0 Å². The second-order valence-electron chi connectivity index (χ2n) is 8.27. The Morgan fingerprint density at radius 2 is 1.97 bits per heavy atom. The minimum atomic E-state index is 0.374. The molecule has 6 nitrogen and oxygen atoms in total. The Bertz CT molecular complexity index is 911. The summed E-state index contributed by atoms with van der Waals surface area (Å²) < 4.78 is 4.53. The average molecular weight is 393 g/mol. The summed E-state index contributed by atoms with van der Waals surface area (Å²) in [5.74, 6) is 1.56. The SMILES string of the molecule is CCN1CCCC(c2c(-c3ccccc3)ncn2CCc2nncn2C(C)C)C1. The third kappa shape index (κ3) is 4.27. The van der Waals surface area contributed by atoms with Crippen LogP contribution in [0.1, 0.15) is 57.1 Å². The molecule has 3 heterocycles. The molecule has 0 spiro atoms. The van der Waals surface area contributed by atoms with Gasteiger partial charge in [-0.25, -0.2) is 4.98 Å². The van der Waals surface area contributed by atoms with E-state index in [0.717, 1.165) is 37.6 Å². The van der Waals surface area contributed by atoms with Crippen molar-refractivity contribution in [1.82, 2.24) is 29.2 Å². The zero-order valence-corrected chi connectivity index (χ0v) is 17.8. The minimum absolute atomic E-state index is 0.374. The number of imidazole rings is 1. The van der Waals surface area contributed by atoms with Crippen LogP contribution in [0, 0.1) is 0 Å². The number of hydrogen-bond donors (Lipinski definition) is 0. The van der Waals surface area contributed by atoms with Gasteiger partial charge in [-0.1, -0.05) is 37.3 Å². The lowest BCUT2D eigenvalue weighted by Gasteiger charge is -2.33. The monoisotopic (exact) mass is 392 g/mol. The summed E-state index contributed by atoms with van der Waals surface area (Å²) >= 11 is 0. The number of likely N-dealkylation sites (N-methyl/N-ethyl adjacent to an activating group) is 1. The molecule has 0 bridgehead atoms. The van der Waals surface area contributed by atoms with E-state index in [0.29, 0.717) is 12.0 Å². The number of aryl methyl sites for hydroxylation is 2. The number of nitrogens with zero attached hydrogens (tertiary/aromatic N) is 6. The van der Waals surface area contributed by atoms with Crippen LogP contribution in [-0.4, -0.2) is 48.8 Å². The molecule has 4 rings (SSSR count). The maximum atomic E-state index is 4.87. The smallest absolute Gasteiger partial charge is 0.134 e. The van der Waals surface area contributed by atoms with Crippen molar-refractivity contribution < 1.29 is 0 Å². The van der Waals surface area contributed by atoms with Crippen LogP contribution in [0.2, 0.25) is 0 Å². The van der Waals surface area contributed by atoms with Gasteiger partial charge in [-0.05, 0) is 39.8 Å². The normalized spacial score (nSPS) is 17.9. The van der Waals surface area contributed by atoms with Crippen molar-refractivity contribution in [3.8, 4) is 11.3 Å². The lowest BCUT2D eigenvalue weighted by atomic mass is 9.91. The Hall–Kier alpha value is -2.47. The molecule has 0 amide bonds. The van der Waals surface area contributed by atoms with Gasteiger partial charge in [0.05, 0.1) is 12.0 Å². The van der Waals surface area contributed by atoms with E-state index in [9.17, 15) is 0 Å². The molecule has 1 saturated heterocycles. The second kappa shape index (κ2) is 8.91. The molecule has 2 aromatic heterocycles. The van der Waals surface area contributed by atoms with Crippen molar-refractivity contribution in [1.29, 1.82) is 0 Å². The van der Waals surface area contributed by atoms with Crippen molar-refractivity contribution in [3.05, 3.63) is 54.5 Å². The van der Waals surface area contributed by atoms with Gasteiger partial charge in [0.25, 0.3) is 0 Å². The van der Waals surface area contributed by atoms with Crippen LogP contribution in [0.5, 0.6) is 0 Å². The molecular formula is C23H32N6. The van der Waals surface area contributed by atoms with E-state index in [1.54, 1.807) is 0 Å². The molecule has 29 heavy (non-hydrogen) atoms. The van der Waals surface area contributed by atoms with Crippen LogP contribution in [-0.2, 0) is 13.0 Å². The number of hydrogen-bond acceptors (Lipinski definition) is 4. The third-order valence-electron chi connectivity index (χ3n) is 6.04. The van der Waals surface area contributed by atoms with Gasteiger partial charge in [-0.2, -0.15) is 0 Å². The highest BCUT2D eigenvalue weighted by Gasteiger charge is 2.27. The Morgan fingerprint density at radius 1 is 1.14 bits per heavy atom. The van der Waals surface area contributed by atoms with Gasteiger partial charge in [0, 0.05) is 42.7 Å². The summed E-state index contributed by atoms with van der Waals surface area (Å²) in [6.07, 6.45) is 7.20. The lowest BCUT2D eigenvalue weighted by Crippen LogP contribution is -2.35. The average Bonchev–Trinajstić information content (AvgIpc) is 3.40. The fourth-order valence-corrected chi connectivity index (χ4v) is 4.48. The van der Waals surface area contributed by atoms with Crippen LogP contribution in [0.4, 0.5) is 0 Å². The maximum absolute atomic E-state index is 4.87. The first-order chi connectivity index (χ1) is 14.2. The Morgan fingerprint density at radius 3 is 2.72 bits per heavy atom. The standard InChI is InChI=1S/C23H32N6/c1-4-27-13-8-11-20(15-27)23-22(19-9-6-5-7-10-19)24-16-28(23)14-12-21-26-25-17-29(21)18(2)3/h5-7,9-10,16-18,20H,4,8,11-15H2,1-3H3. The Kier molecular flexibility index (Phi) is 6.09. The van der Waals surface area contributed by atoms with E-state index in [4.69, 9.17) is 4.98 Å². The zero-order chi connectivity index (χ0) is 20.2. The molecule has 1 fully saturated rings. The Balaban J connectivity index is 1.64. The van der Waals surface area contributed by atoms with Crippen LogP contribution in [0.15, 0.2) is 43.0 Å². The van der Waals surface area contributed by atoms with Crippen molar-refractivity contribution in [2.75, 3.05) is 19.6 Å². The van der Waals surface area contributed by atoms with Crippen molar-refractivity contribution in [2.45, 2.75) is 58.5 Å². The number of likely N-dealkylation sites (tertiary alicyclic amines) is 1. The van der Waals surface area contributed by atoms with Crippen LogP contribution < -0.4 is 0 Å².